The van der Waals surface area contributed by atoms with E-state index >= 15 is 0 Å². The molecule has 0 amide bonds. The predicted octanol–water partition coefficient (Wildman–Crippen LogP) is 3.22. The van der Waals surface area contributed by atoms with E-state index in [0.29, 0.717) is 0 Å². The zero-order valence-electron chi connectivity index (χ0n) is 11.3. The van der Waals surface area contributed by atoms with Gasteiger partial charge in [0.2, 0.25) is 0 Å². The summed E-state index contributed by atoms with van der Waals surface area (Å²) in [5, 5.41) is 7.61. The van der Waals surface area contributed by atoms with Crippen molar-refractivity contribution in [2.75, 3.05) is 13.1 Å². The lowest BCUT2D eigenvalue weighted by Gasteiger charge is -2.30. The molecule has 0 spiro atoms. The molecule has 2 aliphatic heterocycles. The molecule has 2 rings (SSSR count). The average Bonchev–Trinajstić information content (AvgIpc) is 2.42. The third-order valence-electron chi connectivity index (χ3n) is 4.43. The van der Waals surface area contributed by atoms with E-state index in [2.05, 4.69) is 10.6 Å². The molecule has 2 unspecified atom stereocenters. The van der Waals surface area contributed by atoms with Gasteiger partial charge in [0.05, 0.1) is 0 Å². The first-order valence-electron chi connectivity index (χ1n) is 7.93. The third-order valence-corrected chi connectivity index (χ3v) is 4.43. The van der Waals surface area contributed by atoms with Gasteiger partial charge in [-0.1, -0.05) is 44.9 Å². The molecule has 0 aromatic rings. The van der Waals surface area contributed by atoms with Crippen LogP contribution in [0.3, 0.4) is 0 Å². The second-order valence-electron chi connectivity index (χ2n) is 5.88. The maximum atomic E-state index is 3.82. The Labute approximate surface area is 107 Å². The van der Waals surface area contributed by atoms with Crippen LogP contribution in [0, 0.1) is 0 Å². The maximum absolute atomic E-state index is 3.82. The summed E-state index contributed by atoms with van der Waals surface area (Å²) >= 11 is 0. The van der Waals surface area contributed by atoms with Gasteiger partial charge in [0.25, 0.3) is 0 Å². The van der Waals surface area contributed by atoms with Crippen LogP contribution in [0.1, 0.15) is 70.6 Å². The molecule has 2 heterocycles. The number of hydrogen-bond acceptors (Lipinski definition) is 2. The van der Waals surface area contributed by atoms with Gasteiger partial charge in [-0.05, 0) is 38.8 Å². The largest absolute Gasteiger partial charge is 0.312 e. The fourth-order valence-electron chi connectivity index (χ4n) is 3.33. The summed E-state index contributed by atoms with van der Waals surface area (Å²) in [5.41, 5.74) is 0. The van der Waals surface area contributed by atoms with Crippen molar-refractivity contribution in [3.63, 3.8) is 0 Å². The van der Waals surface area contributed by atoms with Crippen LogP contribution >= 0.6 is 0 Å². The van der Waals surface area contributed by atoms with Crippen molar-refractivity contribution in [3.8, 4) is 0 Å². The number of hydrogen-bond donors (Lipinski definition) is 2. The van der Waals surface area contributed by atoms with Crippen LogP contribution in [-0.2, 0) is 0 Å². The van der Waals surface area contributed by atoms with Gasteiger partial charge in [-0.25, -0.2) is 0 Å². The summed E-state index contributed by atoms with van der Waals surface area (Å²) < 4.78 is 0. The van der Waals surface area contributed by atoms with E-state index in [4.69, 9.17) is 0 Å². The Balaban J connectivity index is 1.82. The smallest absolute Gasteiger partial charge is 0.0221 e. The van der Waals surface area contributed by atoms with Gasteiger partial charge < -0.3 is 10.6 Å². The van der Waals surface area contributed by atoms with Gasteiger partial charge in [-0.2, -0.15) is 0 Å². The van der Waals surface area contributed by atoms with E-state index in [0.717, 1.165) is 12.1 Å². The molecule has 0 aromatic carbocycles. The van der Waals surface area contributed by atoms with Crippen LogP contribution in [0.25, 0.3) is 0 Å². The Morgan fingerprint density at radius 1 is 0.471 bits per heavy atom. The van der Waals surface area contributed by atoms with E-state index in [-0.39, 0.29) is 0 Å². The molecule has 0 aromatic heterocycles. The fraction of sp³-hybridized carbons (Fsp3) is 1.00. The Kier molecular flexibility index (Phi) is 6.36. The molecular weight excluding hydrogens is 208 g/mol. The Bertz CT molecular complexity index is 175. The monoisotopic (exact) mass is 238 g/mol. The number of nitrogens with one attached hydrogen (secondary N) is 2. The zero-order valence-corrected chi connectivity index (χ0v) is 11.3. The molecule has 0 bridgehead atoms. The van der Waals surface area contributed by atoms with Gasteiger partial charge in [0, 0.05) is 12.1 Å². The summed E-state index contributed by atoms with van der Waals surface area (Å²) in [6.07, 6.45) is 15.6. The predicted molar refractivity (Wildman–Crippen MR) is 74.4 cm³/mol. The lowest BCUT2D eigenvalue weighted by molar-refractivity contribution is 0.311. The maximum Gasteiger partial charge on any atom is 0.0221 e. The van der Waals surface area contributed by atoms with E-state index in [1.54, 1.807) is 0 Å². The van der Waals surface area contributed by atoms with Crippen LogP contribution in [0.5, 0.6) is 0 Å². The average molecular weight is 238 g/mol. The van der Waals surface area contributed by atoms with Crippen molar-refractivity contribution >= 4 is 0 Å². The van der Waals surface area contributed by atoms with E-state index in [1.165, 1.54) is 83.7 Å². The molecule has 100 valence electrons. The van der Waals surface area contributed by atoms with E-state index in [1.807, 2.05) is 0 Å². The molecule has 2 N–H and O–H groups in total. The molecule has 2 atom stereocenters. The van der Waals surface area contributed by atoms with E-state index < -0.39 is 0 Å². The summed E-state index contributed by atoms with van der Waals surface area (Å²) in [5.74, 6) is 0. The molecule has 2 heteroatoms. The highest BCUT2D eigenvalue weighted by molar-refractivity contribution is 4.84. The van der Waals surface area contributed by atoms with Gasteiger partial charge in [0.15, 0.2) is 0 Å². The molecule has 0 radical (unpaired) electrons. The first-order valence-corrected chi connectivity index (χ1v) is 7.93. The molecule has 2 nitrogen and oxygen atoms in total. The van der Waals surface area contributed by atoms with Crippen LogP contribution < -0.4 is 10.6 Å². The minimum Gasteiger partial charge on any atom is -0.312 e. The van der Waals surface area contributed by atoms with E-state index in [9.17, 15) is 0 Å². The molecule has 2 aliphatic rings. The summed E-state index contributed by atoms with van der Waals surface area (Å²) in [7, 11) is 0. The lowest BCUT2D eigenvalue weighted by Crippen LogP contribution is -2.48. The molecule has 2 fully saturated rings. The van der Waals surface area contributed by atoms with Gasteiger partial charge in [-0.3, -0.25) is 0 Å². The Hall–Kier alpha value is -0.0800. The van der Waals surface area contributed by atoms with Crippen molar-refractivity contribution in [3.05, 3.63) is 0 Å². The lowest BCUT2D eigenvalue weighted by atomic mass is 9.94. The first-order chi connectivity index (χ1) is 8.47. The van der Waals surface area contributed by atoms with Crippen molar-refractivity contribution in [2.45, 2.75) is 82.7 Å². The highest BCUT2D eigenvalue weighted by atomic mass is 15.0. The standard InChI is InChI=1S/C15H30N2/c1-2-6-10-14(16-12-8-4-1)15-11-7-3-5-9-13-17-15/h14-17H,1-13H2. The van der Waals surface area contributed by atoms with Crippen molar-refractivity contribution < 1.29 is 0 Å². The van der Waals surface area contributed by atoms with Crippen LogP contribution in [0.4, 0.5) is 0 Å². The van der Waals surface area contributed by atoms with Crippen molar-refractivity contribution in [2.24, 2.45) is 0 Å². The second-order valence-corrected chi connectivity index (χ2v) is 5.88. The fourth-order valence-corrected chi connectivity index (χ4v) is 3.33. The van der Waals surface area contributed by atoms with Gasteiger partial charge >= 0.3 is 0 Å². The normalized spacial score (nSPS) is 33.9. The van der Waals surface area contributed by atoms with Gasteiger partial charge in [0.1, 0.15) is 0 Å². The summed E-state index contributed by atoms with van der Waals surface area (Å²) in [4.78, 5) is 0. The minimum absolute atomic E-state index is 0.742. The molecule has 0 aliphatic carbocycles. The van der Waals surface area contributed by atoms with Crippen LogP contribution in [0.15, 0.2) is 0 Å². The summed E-state index contributed by atoms with van der Waals surface area (Å²) in [6, 6.07) is 1.49. The Morgan fingerprint density at radius 3 is 1.41 bits per heavy atom. The first kappa shape index (κ1) is 13.4. The summed E-state index contributed by atoms with van der Waals surface area (Å²) in [6.45, 7) is 2.48. The van der Waals surface area contributed by atoms with Gasteiger partial charge in [-0.15, -0.1) is 0 Å². The Morgan fingerprint density at radius 2 is 0.882 bits per heavy atom. The topological polar surface area (TPSA) is 24.1 Å². The highest BCUT2D eigenvalue weighted by Crippen LogP contribution is 2.17. The quantitative estimate of drug-likeness (QED) is 0.733. The van der Waals surface area contributed by atoms with Crippen LogP contribution in [0.2, 0.25) is 0 Å². The van der Waals surface area contributed by atoms with Crippen molar-refractivity contribution in [1.29, 1.82) is 0 Å². The third kappa shape index (κ3) is 4.97. The highest BCUT2D eigenvalue weighted by Gasteiger charge is 2.21. The van der Waals surface area contributed by atoms with Crippen LogP contribution in [-0.4, -0.2) is 25.2 Å². The van der Waals surface area contributed by atoms with Crippen molar-refractivity contribution in [1.82, 2.24) is 10.6 Å². The molecular formula is C15H30N2. The number of rotatable bonds is 1. The molecule has 0 saturated carbocycles. The minimum atomic E-state index is 0.742. The SMILES string of the molecule is C1CCCNC(C2CCCCCCN2)CCC1. The molecule has 2 saturated heterocycles. The second kappa shape index (κ2) is 8.10. The zero-order chi connectivity index (χ0) is 11.8. The molecule has 17 heavy (non-hydrogen) atoms.